The van der Waals surface area contributed by atoms with Crippen LogP contribution in [0.5, 0.6) is 5.75 Å². The summed E-state index contributed by atoms with van der Waals surface area (Å²) in [5.41, 5.74) is -0.229. The molecule has 0 fully saturated rings. The maximum absolute atomic E-state index is 12.2. The number of nitrogens with zero attached hydrogens (tertiary/aromatic N) is 1. The Morgan fingerprint density at radius 3 is 2.68 bits per heavy atom. The molecule has 2 heterocycles. The van der Waals surface area contributed by atoms with Crippen molar-refractivity contribution in [2.75, 3.05) is 0 Å². The molecule has 2 aromatic heterocycles. The summed E-state index contributed by atoms with van der Waals surface area (Å²) >= 11 is 0. The minimum Gasteiger partial charge on any atom is -0.488 e. The van der Waals surface area contributed by atoms with Gasteiger partial charge in [0.15, 0.2) is 5.60 Å². The van der Waals surface area contributed by atoms with Crippen LogP contribution in [0.3, 0.4) is 0 Å². The number of fused-ring (bicyclic) bond motifs is 2. The molecule has 0 bridgehead atoms. The standard InChI is InChI=1S/C25H21NO5/c27-24-13-5-11-19-22(24)23(26-31-19)21-17(25(24,28)20-12-6-14-29-20)9-4-10-18(21)30-15-16-7-2-1-3-8-16/h1-4,6-10,12,14,27-28H,5,11,13,15H2/t24-,25-/m1/s1. The molecule has 31 heavy (non-hydrogen) atoms. The Morgan fingerprint density at radius 1 is 1.00 bits per heavy atom. The van der Waals surface area contributed by atoms with Crippen molar-refractivity contribution in [3.8, 4) is 17.0 Å². The first-order valence-corrected chi connectivity index (χ1v) is 10.4. The van der Waals surface area contributed by atoms with E-state index in [4.69, 9.17) is 13.7 Å². The topological polar surface area (TPSA) is 88.9 Å². The fourth-order valence-corrected chi connectivity index (χ4v) is 5.06. The van der Waals surface area contributed by atoms with Gasteiger partial charge in [0, 0.05) is 12.0 Å². The molecule has 0 spiro atoms. The maximum Gasteiger partial charge on any atom is 0.181 e. The van der Waals surface area contributed by atoms with E-state index in [9.17, 15) is 10.2 Å². The number of hydrogen-bond donors (Lipinski definition) is 2. The molecule has 2 N–H and O–H groups in total. The average molecular weight is 415 g/mol. The van der Waals surface area contributed by atoms with Crippen LogP contribution in [0.15, 0.2) is 75.9 Å². The zero-order valence-corrected chi connectivity index (χ0v) is 16.7. The average Bonchev–Trinajstić information content (AvgIpc) is 3.48. The van der Waals surface area contributed by atoms with Crippen LogP contribution in [0.1, 0.15) is 41.1 Å². The molecule has 6 heteroatoms. The van der Waals surface area contributed by atoms with Gasteiger partial charge in [0.1, 0.15) is 35.2 Å². The molecular weight excluding hydrogens is 394 g/mol. The molecule has 2 atom stereocenters. The van der Waals surface area contributed by atoms with Gasteiger partial charge >= 0.3 is 0 Å². The van der Waals surface area contributed by atoms with Gasteiger partial charge in [0.2, 0.25) is 0 Å². The summed E-state index contributed by atoms with van der Waals surface area (Å²) in [6.45, 7) is 0.362. The van der Waals surface area contributed by atoms with Crippen LogP contribution in [0.4, 0.5) is 0 Å². The zero-order chi connectivity index (χ0) is 21.1. The molecule has 2 aliphatic rings. The number of aromatic nitrogens is 1. The van der Waals surface area contributed by atoms with E-state index < -0.39 is 11.2 Å². The second kappa shape index (κ2) is 6.57. The Morgan fingerprint density at radius 2 is 1.87 bits per heavy atom. The van der Waals surface area contributed by atoms with Gasteiger partial charge in [-0.15, -0.1) is 0 Å². The van der Waals surface area contributed by atoms with Crippen molar-refractivity contribution >= 4 is 0 Å². The van der Waals surface area contributed by atoms with Gasteiger partial charge in [-0.25, -0.2) is 0 Å². The first-order chi connectivity index (χ1) is 15.1. The molecule has 6 rings (SSSR count). The van der Waals surface area contributed by atoms with Crippen LogP contribution in [0.2, 0.25) is 0 Å². The van der Waals surface area contributed by atoms with Gasteiger partial charge in [0.25, 0.3) is 0 Å². The third kappa shape index (κ3) is 2.43. The Balaban J connectivity index is 1.58. The van der Waals surface area contributed by atoms with E-state index in [-0.39, 0.29) is 5.76 Å². The molecule has 0 saturated carbocycles. The van der Waals surface area contributed by atoms with E-state index >= 15 is 0 Å². The highest BCUT2D eigenvalue weighted by Gasteiger charge is 2.62. The number of aryl methyl sites for hydroxylation is 1. The SMILES string of the molecule is O[C@@]1(c2ccco2)c2cccc(OCc3ccccc3)c2-c2noc3c2[C@]1(O)CCC3. The third-order valence-corrected chi connectivity index (χ3v) is 6.49. The summed E-state index contributed by atoms with van der Waals surface area (Å²) in [6, 6.07) is 18.7. The summed E-state index contributed by atoms with van der Waals surface area (Å²) in [6.07, 6.45) is 3.18. The van der Waals surface area contributed by atoms with E-state index in [0.29, 0.717) is 59.8 Å². The summed E-state index contributed by atoms with van der Waals surface area (Å²) < 4.78 is 17.5. The molecule has 4 aromatic rings. The highest BCUT2D eigenvalue weighted by Crippen LogP contribution is 2.60. The lowest BCUT2D eigenvalue weighted by atomic mass is 9.61. The summed E-state index contributed by atoms with van der Waals surface area (Å²) in [4.78, 5) is 0. The number of furan rings is 1. The first-order valence-electron chi connectivity index (χ1n) is 10.4. The van der Waals surface area contributed by atoms with Crippen LogP contribution < -0.4 is 4.74 Å². The summed E-state index contributed by atoms with van der Waals surface area (Å²) in [5.74, 6) is 1.43. The third-order valence-electron chi connectivity index (χ3n) is 6.49. The molecule has 2 aromatic carbocycles. The molecule has 0 radical (unpaired) electrons. The van der Waals surface area contributed by atoms with Crippen molar-refractivity contribution in [1.29, 1.82) is 0 Å². The molecule has 156 valence electrons. The highest BCUT2D eigenvalue weighted by atomic mass is 16.5. The minimum atomic E-state index is -1.80. The maximum atomic E-state index is 12.2. The number of aliphatic hydroxyl groups is 2. The lowest BCUT2D eigenvalue weighted by molar-refractivity contribution is -0.160. The van der Waals surface area contributed by atoms with Crippen molar-refractivity contribution < 1.29 is 23.9 Å². The van der Waals surface area contributed by atoms with Crippen LogP contribution in [0.25, 0.3) is 11.3 Å². The molecule has 0 aliphatic heterocycles. The van der Waals surface area contributed by atoms with Crippen molar-refractivity contribution in [2.24, 2.45) is 0 Å². The fourth-order valence-electron chi connectivity index (χ4n) is 5.06. The van der Waals surface area contributed by atoms with Crippen molar-refractivity contribution in [2.45, 2.75) is 37.1 Å². The van der Waals surface area contributed by atoms with Gasteiger partial charge in [-0.1, -0.05) is 47.6 Å². The molecular formula is C25H21NO5. The van der Waals surface area contributed by atoms with Gasteiger partial charge in [-0.2, -0.15) is 0 Å². The lowest BCUT2D eigenvalue weighted by Crippen LogP contribution is -2.53. The number of benzene rings is 2. The molecule has 2 aliphatic carbocycles. The Hall–Kier alpha value is -3.35. The van der Waals surface area contributed by atoms with Crippen LogP contribution >= 0.6 is 0 Å². The van der Waals surface area contributed by atoms with Crippen LogP contribution in [-0.2, 0) is 24.2 Å². The molecule has 0 amide bonds. The summed E-state index contributed by atoms with van der Waals surface area (Å²) in [7, 11) is 0. The van der Waals surface area contributed by atoms with Gasteiger partial charge in [-0.05, 0) is 36.6 Å². The van der Waals surface area contributed by atoms with E-state index in [0.717, 1.165) is 5.56 Å². The minimum absolute atomic E-state index is 0.274. The zero-order valence-electron chi connectivity index (χ0n) is 16.7. The Labute approximate surface area is 178 Å². The van der Waals surface area contributed by atoms with E-state index in [1.54, 1.807) is 18.2 Å². The Kier molecular flexibility index (Phi) is 3.91. The predicted octanol–water partition coefficient (Wildman–Crippen LogP) is 4.29. The number of ether oxygens (including phenoxy) is 1. The van der Waals surface area contributed by atoms with E-state index in [1.807, 2.05) is 42.5 Å². The number of rotatable bonds is 4. The fraction of sp³-hybridized carbons (Fsp3) is 0.240. The second-order valence-electron chi connectivity index (χ2n) is 8.18. The quantitative estimate of drug-likeness (QED) is 0.517. The van der Waals surface area contributed by atoms with E-state index in [2.05, 4.69) is 5.16 Å². The van der Waals surface area contributed by atoms with Gasteiger partial charge in [0.05, 0.1) is 17.4 Å². The molecule has 0 unspecified atom stereocenters. The van der Waals surface area contributed by atoms with Crippen molar-refractivity contribution in [3.05, 3.63) is 95.1 Å². The summed E-state index contributed by atoms with van der Waals surface area (Å²) in [5, 5.41) is 28.4. The van der Waals surface area contributed by atoms with E-state index in [1.165, 1.54) is 6.26 Å². The monoisotopic (exact) mass is 415 g/mol. The largest absolute Gasteiger partial charge is 0.488 e. The van der Waals surface area contributed by atoms with Crippen LogP contribution in [-0.4, -0.2) is 15.4 Å². The Bertz CT molecular complexity index is 1250. The molecule has 0 saturated heterocycles. The van der Waals surface area contributed by atoms with Crippen molar-refractivity contribution in [3.63, 3.8) is 0 Å². The van der Waals surface area contributed by atoms with Crippen molar-refractivity contribution in [1.82, 2.24) is 5.16 Å². The smallest absolute Gasteiger partial charge is 0.181 e. The predicted molar refractivity (Wildman–Crippen MR) is 111 cm³/mol. The lowest BCUT2D eigenvalue weighted by Gasteiger charge is -2.47. The normalized spacial score (nSPS) is 23.8. The number of hydrogen-bond acceptors (Lipinski definition) is 6. The first kappa shape index (κ1) is 18.4. The molecule has 6 nitrogen and oxygen atoms in total. The van der Waals surface area contributed by atoms with Crippen LogP contribution in [0, 0.1) is 0 Å². The highest BCUT2D eigenvalue weighted by molar-refractivity contribution is 5.80. The van der Waals surface area contributed by atoms with Gasteiger partial charge in [-0.3, -0.25) is 0 Å². The van der Waals surface area contributed by atoms with Gasteiger partial charge < -0.3 is 23.9 Å². The second-order valence-corrected chi connectivity index (χ2v) is 8.18.